The molecule has 2 aromatic rings. The van der Waals surface area contributed by atoms with Crippen LogP contribution in [0.15, 0.2) is 0 Å². The Morgan fingerprint density at radius 3 is 2.84 bits per heavy atom. The predicted molar refractivity (Wildman–Crippen MR) is 80.1 cm³/mol. The molecule has 0 fully saturated rings. The van der Waals surface area contributed by atoms with E-state index in [0.717, 1.165) is 45.1 Å². The van der Waals surface area contributed by atoms with Crippen LogP contribution in [-0.4, -0.2) is 35.4 Å². The van der Waals surface area contributed by atoms with Crippen molar-refractivity contribution in [3.63, 3.8) is 0 Å². The average Bonchev–Trinajstić information content (AvgIpc) is 2.97. The summed E-state index contributed by atoms with van der Waals surface area (Å²) in [5.41, 5.74) is 1.14. The Kier molecular flexibility index (Phi) is 5.24. The van der Waals surface area contributed by atoms with Gasteiger partial charge in [-0.1, -0.05) is 24.7 Å². The highest BCUT2D eigenvalue weighted by Gasteiger charge is 2.15. The second-order valence-corrected chi connectivity index (χ2v) is 6.27. The summed E-state index contributed by atoms with van der Waals surface area (Å²) in [4.78, 5) is 5.74. The lowest BCUT2D eigenvalue weighted by molar-refractivity contribution is 0.211. The van der Waals surface area contributed by atoms with Gasteiger partial charge in [0.1, 0.15) is 0 Å². The maximum absolute atomic E-state index is 5.00. The summed E-state index contributed by atoms with van der Waals surface area (Å²) in [7, 11) is 1.68. The van der Waals surface area contributed by atoms with Crippen LogP contribution in [0.25, 0.3) is 9.88 Å². The van der Waals surface area contributed by atoms with Crippen LogP contribution in [0.5, 0.6) is 0 Å². The lowest BCUT2D eigenvalue weighted by Crippen LogP contribution is -2.06. The zero-order chi connectivity index (χ0) is 13.7. The molecule has 0 aliphatic carbocycles. The molecular weight excluding hydrogens is 280 g/mol. The zero-order valence-corrected chi connectivity index (χ0v) is 13.0. The summed E-state index contributed by atoms with van der Waals surface area (Å²) < 4.78 is 5.00. The SMILES string of the molecule is CCCc1nc(C)sc1-c1nnc(NCCOC)s1. The molecule has 7 heteroatoms. The third-order valence-electron chi connectivity index (χ3n) is 2.49. The fourth-order valence-corrected chi connectivity index (χ4v) is 3.52. The summed E-state index contributed by atoms with van der Waals surface area (Å²) in [6.07, 6.45) is 2.08. The van der Waals surface area contributed by atoms with E-state index in [2.05, 4.69) is 27.4 Å². The van der Waals surface area contributed by atoms with Crippen LogP contribution in [0.4, 0.5) is 5.13 Å². The third kappa shape index (κ3) is 3.71. The highest BCUT2D eigenvalue weighted by Crippen LogP contribution is 2.34. The molecule has 0 spiro atoms. The maximum atomic E-state index is 5.00. The van der Waals surface area contributed by atoms with Gasteiger partial charge in [0.2, 0.25) is 5.13 Å². The minimum Gasteiger partial charge on any atom is -0.383 e. The summed E-state index contributed by atoms with van der Waals surface area (Å²) in [5.74, 6) is 0. The number of nitrogens with zero attached hydrogens (tertiary/aromatic N) is 3. The topological polar surface area (TPSA) is 59.9 Å². The van der Waals surface area contributed by atoms with E-state index in [1.165, 1.54) is 0 Å². The van der Waals surface area contributed by atoms with Crippen molar-refractivity contribution >= 4 is 27.8 Å². The van der Waals surface area contributed by atoms with Crippen LogP contribution in [0.2, 0.25) is 0 Å². The lowest BCUT2D eigenvalue weighted by Gasteiger charge is -1.98. The van der Waals surface area contributed by atoms with Crippen molar-refractivity contribution in [2.75, 3.05) is 25.6 Å². The summed E-state index contributed by atoms with van der Waals surface area (Å²) in [6.45, 7) is 5.60. The lowest BCUT2D eigenvalue weighted by atomic mass is 10.2. The van der Waals surface area contributed by atoms with Crippen LogP contribution in [0.1, 0.15) is 24.0 Å². The first-order valence-electron chi connectivity index (χ1n) is 6.27. The fourth-order valence-electron chi connectivity index (χ4n) is 1.69. The van der Waals surface area contributed by atoms with Crippen LogP contribution >= 0.6 is 22.7 Å². The van der Waals surface area contributed by atoms with Gasteiger partial charge in [0.05, 0.1) is 22.2 Å². The molecule has 0 saturated heterocycles. The molecule has 0 unspecified atom stereocenters. The first-order chi connectivity index (χ1) is 9.24. The molecule has 0 atom stereocenters. The third-order valence-corrected chi connectivity index (χ3v) is 4.54. The molecule has 1 N–H and O–H groups in total. The Morgan fingerprint density at radius 2 is 2.11 bits per heavy atom. The van der Waals surface area contributed by atoms with Gasteiger partial charge in [-0.2, -0.15) is 0 Å². The molecule has 0 bridgehead atoms. The normalized spacial score (nSPS) is 10.9. The van der Waals surface area contributed by atoms with Gasteiger partial charge < -0.3 is 10.1 Å². The van der Waals surface area contributed by atoms with Crippen molar-refractivity contribution in [3.8, 4) is 9.88 Å². The molecule has 104 valence electrons. The van der Waals surface area contributed by atoms with Gasteiger partial charge >= 0.3 is 0 Å². The van der Waals surface area contributed by atoms with Gasteiger partial charge in [0.25, 0.3) is 0 Å². The Morgan fingerprint density at radius 1 is 1.26 bits per heavy atom. The second-order valence-electron chi connectivity index (χ2n) is 4.09. The van der Waals surface area contributed by atoms with Crippen molar-refractivity contribution in [1.29, 1.82) is 0 Å². The van der Waals surface area contributed by atoms with Crippen LogP contribution in [0, 0.1) is 6.92 Å². The number of ether oxygens (including phenoxy) is 1. The Hall–Kier alpha value is -1.05. The van der Waals surface area contributed by atoms with Crippen LogP contribution in [-0.2, 0) is 11.2 Å². The number of aryl methyl sites for hydroxylation is 2. The van der Waals surface area contributed by atoms with E-state index in [1.807, 2.05) is 6.92 Å². The van der Waals surface area contributed by atoms with Gasteiger partial charge in [-0.05, 0) is 13.3 Å². The molecule has 0 radical (unpaired) electrons. The minimum absolute atomic E-state index is 0.662. The van der Waals surface area contributed by atoms with Gasteiger partial charge in [-0.3, -0.25) is 0 Å². The van der Waals surface area contributed by atoms with Crippen molar-refractivity contribution in [2.24, 2.45) is 0 Å². The number of methoxy groups -OCH3 is 1. The summed E-state index contributed by atoms with van der Waals surface area (Å²) in [5, 5.41) is 14.5. The smallest absolute Gasteiger partial charge is 0.206 e. The average molecular weight is 298 g/mol. The molecular formula is C12H18N4OS2. The van der Waals surface area contributed by atoms with Gasteiger partial charge in [-0.25, -0.2) is 4.98 Å². The minimum atomic E-state index is 0.662. The molecule has 0 amide bonds. The predicted octanol–water partition coefficient (Wildman–Crippen LogP) is 2.98. The second kappa shape index (κ2) is 6.93. The standard InChI is InChI=1S/C12H18N4OS2/c1-4-5-9-10(18-8(2)14-9)11-15-16-12(19-11)13-6-7-17-3/h4-7H2,1-3H3,(H,13,16). The van der Waals surface area contributed by atoms with Crippen LogP contribution < -0.4 is 5.32 Å². The van der Waals surface area contributed by atoms with Crippen molar-refractivity contribution in [2.45, 2.75) is 26.7 Å². The van der Waals surface area contributed by atoms with Gasteiger partial charge in [0, 0.05) is 13.7 Å². The molecule has 2 rings (SSSR count). The Balaban J connectivity index is 2.13. The number of aromatic nitrogens is 3. The van der Waals surface area contributed by atoms with E-state index in [0.29, 0.717) is 6.61 Å². The van der Waals surface area contributed by atoms with E-state index in [-0.39, 0.29) is 0 Å². The number of nitrogens with one attached hydrogen (secondary N) is 1. The molecule has 0 aliphatic rings. The van der Waals surface area contributed by atoms with E-state index in [4.69, 9.17) is 4.74 Å². The zero-order valence-electron chi connectivity index (χ0n) is 11.4. The molecule has 2 heterocycles. The first kappa shape index (κ1) is 14.4. The van der Waals surface area contributed by atoms with Crippen molar-refractivity contribution < 1.29 is 4.74 Å². The molecule has 0 aromatic carbocycles. The van der Waals surface area contributed by atoms with Crippen molar-refractivity contribution in [1.82, 2.24) is 15.2 Å². The molecule has 0 aliphatic heterocycles. The van der Waals surface area contributed by atoms with E-state index >= 15 is 0 Å². The molecule has 5 nitrogen and oxygen atoms in total. The number of thiazole rings is 1. The van der Waals surface area contributed by atoms with Crippen LogP contribution in [0.3, 0.4) is 0 Å². The highest BCUT2D eigenvalue weighted by molar-refractivity contribution is 7.23. The van der Waals surface area contributed by atoms with Crippen molar-refractivity contribution in [3.05, 3.63) is 10.7 Å². The highest BCUT2D eigenvalue weighted by atomic mass is 32.1. The Labute approximate surface area is 121 Å². The van der Waals surface area contributed by atoms with E-state index in [9.17, 15) is 0 Å². The monoisotopic (exact) mass is 298 g/mol. The number of anilines is 1. The molecule has 0 saturated carbocycles. The van der Waals surface area contributed by atoms with Gasteiger partial charge in [-0.15, -0.1) is 21.5 Å². The quantitative estimate of drug-likeness (QED) is 0.796. The van der Waals surface area contributed by atoms with E-state index < -0.39 is 0 Å². The summed E-state index contributed by atoms with van der Waals surface area (Å²) in [6, 6.07) is 0. The fraction of sp³-hybridized carbons (Fsp3) is 0.583. The Bertz CT molecular complexity index is 524. The van der Waals surface area contributed by atoms with E-state index in [1.54, 1.807) is 29.8 Å². The summed E-state index contributed by atoms with van der Waals surface area (Å²) >= 11 is 3.26. The first-order valence-corrected chi connectivity index (χ1v) is 7.91. The molecule has 19 heavy (non-hydrogen) atoms. The number of rotatable bonds is 7. The number of hydrogen-bond donors (Lipinski definition) is 1. The molecule has 2 aromatic heterocycles. The maximum Gasteiger partial charge on any atom is 0.206 e. The largest absolute Gasteiger partial charge is 0.383 e. The number of hydrogen-bond acceptors (Lipinski definition) is 7. The van der Waals surface area contributed by atoms with Gasteiger partial charge in [0.15, 0.2) is 5.01 Å².